The molecule has 0 aromatic carbocycles. The Bertz CT molecular complexity index is 561. The van der Waals surface area contributed by atoms with Gasteiger partial charge in [-0.05, 0) is 25.2 Å². The van der Waals surface area contributed by atoms with Crippen molar-refractivity contribution in [1.82, 2.24) is 13.5 Å². The summed E-state index contributed by atoms with van der Waals surface area (Å²) in [6.45, 7) is 1.91. The second-order valence-corrected chi connectivity index (χ2v) is 10.3. The van der Waals surface area contributed by atoms with Crippen molar-refractivity contribution >= 4 is 16.1 Å². The summed E-state index contributed by atoms with van der Waals surface area (Å²) in [5.74, 6) is 0.930. The molecule has 150 valence electrons. The molecule has 1 amide bonds. The molecular formula is C19H35N3O3S. The maximum absolute atomic E-state index is 12.9. The molecule has 7 heteroatoms. The zero-order valence-electron chi connectivity index (χ0n) is 16.2. The van der Waals surface area contributed by atoms with Crippen LogP contribution in [-0.4, -0.2) is 67.1 Å². The molecule has 1 saturated heterocycles. The van der Waals surface area contributed by atoms with Crippen molar-refractivity contribution in [3.05, 3.63) is 0 Å². The van der Waals surface area contributed by atoms with Crippen LogP contribution in [0.4, 0.5) is 0 Å². The van der Waals surface area contributed by atoms with Gasteiger partial charge in [-0.25, -0.2) is 0 Å². The Hall–Kier alpha value is -0.660. The van der Waals surface area contributed by atoms with Gasteiger partial charge in [0.25, 0.3) is 10.2 Å². The Balaban J connectivity index is 1.46. The lowest BCUT2D eigenvalue weighted by Crippen LogP contribution is -2.55. The molecule has 2 saturated carbocycles. The van der Waals surface area contributed by atoms with E-state index in [1.54, 1.807) is 15.7 Å². The van der Waals surface area contributed by atoms with Crippen molar-refractivity contribution in [1.29, 1.82) is 0 Å². The second kappa shape index (κ2) is 9.02. The van der Waals surface area contributed by atoms with E-state index in [0.29, 0.717) is 32.6 Å². The molecule has 0 radical (unpaired) electrons. The van der Waals surface area contributed by atoms with Crippen molar-refractivity contribution < 1.29 is 13.2 Å². The molecule has 2 aliphatic carbocycles. The van der Waals surface area contributed by atoms with Gasteiger partial charge in [0.1, 0.15) is 0 Å². The van der Waals surface area contributed by atoms with Gasteiger partial charge in [0.15, 0.2) is 0 Å². The van der Waals surface area contributed by atoms with Crippen LogP contribution in [0.2, 0.25) is 0 Å². The molecule has 0 aromatic rings. The van der Waals surface area contributed by atoms with Gasteiger partial charge < -0.3 is 4.90 Å². The maximum Gasteiger partial charge on any atom is 0.282 e. The molecular weight excluding hydrogens is 350 g/mol. The standard InChI is InChI=1S/C19H35N3O3S/c1-20(18-9-3-2-4-10-18)26(24,25)22-15-13-21(14-16-22)19(23)12-11-17-7-5-6-8-17/h17-18H,2-16H2,1H3. The Morgan fingerprint density at radius 3 is 2.12 bits per heavy atom. The molecule has 0 spiro atoms. The van der Waals surface area contributed by atoms with Crippen LogP contribution in [0.3, 0.4) is 0 Å². The van der Waals surface area contributed by atoms with E-state index in [9.17, 15) is 13.2 Å². The lowest BCUT2D eigenvalue weighted by Gasteiger charge is -2.38. The Kier molecular flexibility index (Phi) is 6.97. The topological polar surface area (TPSA) is 60.9 Å². The fourth-order valence-electron chi connectivity index (χ4n) is 4.77. The number of piperazine rings is 1. The summed E-state index contributed by atoms with van der Waals surface area (Å²) in [6.07, 6.45) is 12.2. The van der Waals surface area contributed by atoms with E-state index in [-0.39, 0.29) is 11.9 Å². The molecule has 3 fully saturated rings. The quantitative estimate of drug-likeness (QED) is 0.706. The highest BCUT2D eigenvalue weighted by molar-refractivity contribution is 7.86. The highest BCUT2D eigenvalue weighted by Crippen LogP contribution is 2.29. The van der Waals surface area contributed by atoms with Gasteiger partial charge in [-0.1, -0.05) is 44.9 Å². The molecule has 3 aliphatic rings. The molecule has 0 atom stereocenters. The number of carbonyl (C=O) groups excluding carboxylic acids is 1. The lowest BCUT2D eigenvalue weighted by molar-refractivity contribution is -0.132. The van der Waals surface area contributed by atoms with Crippen molar-refractivity contribution in [3.63, 3.8) is 0 Å². The monoisotopic (exact) mass is 385 g/mol. The van der Waals surface area contributed by atoms with Gasteiger partial charge in [-0.2, -0.15) is 17.0 Å². The SMILES string of the molecule is CN(C1CCCCC1)S(=O)(=O)N1CCN(C(=O)CCC2CCCC2)CC1. The zero-order chi connectivity index (χ0) is 18.6. The van der Waals surface area contributed by atoms with E-state index in [1.165, 1.54) is 32.1 Å². The lowest BCUT2D eigenvalue weighted by atomic mass is 9.96. The third kappa shape index (κ3) is 4.78. The first-order chi connectivity index (χ1) is 12.5. The van der Waals surface area contributed by atoms with Crippen LogP contribution in [-0.2, 0) is 15.0 Å². The van der Waals surface area contributed by atoms with Gasteiger partial charge in [0, 0.05) is 45.7 Å². The largest absolute Gasteiger partial charge is 0.340 e. The van der Waals surface area contributed by atoms with Gasteiger partial charge in [-0.3, -0.25) is 4.79 Å². The summed E-state index contributed by atoms with van der Waals surface area (Å²) >= 11 is 0. The van der Waals surface area contributed by atoms with Crippen LogP contribution in [0.1, 0.15) is 70.6 Å². The number of hydrogen-bond acceptors (Lipinski definition) is 3. The van der Waals surface area contributed by atoms with Crippen LogP contribution < -0.4 is 0 Å². The predicted molar refractivity (Wildman–Crippen MR) is 103 cm³/mol. The summed E-state index contributed by atoms with van der Waals surface area (Å²) in [4.78, 5) is 14.3. The third-order valence-electron chi connectivity index (χ3n) is 6.61. The maximum atomic E-state index is 12.9. The van der Waals surface area contributed by atoms with Gasteiger partial charge in [0.05, 0.1) is 0 Å². The van der Waals surface area contributed by atoms with Crippen molar-refractivity contribution in [2.24, 2.45) is 5.92 Å². The molecule has 6 nitrogen and oxygen atoms in total. The Labute approximate surface area is 159 Å². The summed E-state index contributed by atoms with van der Waals surface area (Å²) < 4.78 is 29.0. The van der Waals surface area contributed by atoms with E-state index in [1.807, 2.05) is 4.90 Å². The first-order valence-electron chi connectivity index (χ1n) is 10.5. The van der Waals surface area contributed by atoms with Gasteiger partial charge in [0.2, 0.25) is 5.91 Å². The molecule has 0 N–H and O–H groups in total. The average Bonchev–Trinajstić information content (AvgIpc) is 3.20. The van der Waals surface area contributed by atoms with Gasteiger partial charge >= 0.3 is 0 Å². The highest BCUT2D eigenvalue weighted by Gasteiger charge is 2.35. The minimum atomic E-state index is -3.41. The van der Waals surface area contributed by atoms with Crippen LogP contribution in [0, 0.1) is 5.92 Å². The molecule has 1 aliphatic heterocycles. The summed E-state index contributed by atoms with van der Waals surface area (Å²) in [5.41, 5.74) is 0. The predicted octanol–water partition coefficient (Wildman–Crippen LogP) is 2.61. The first kappa shape index (κ1) is 20.1. The summed E-state index contributed by atoms with van der Waals surface area (Å²) in [7, 11) is -1.68. The Morgan fingerprint density at radius 2 is 1.50 bits per heavy atom. The zero-order valence-corrected chi connectivity index (χ0v) is 17.1. The van der Waals surface area contributed by atoms with E-state index >= 15 is 0 Å². The number of amides is 1. The minimum absolute atomic E-state index is 0.139. The average molecular weight is 386 g/mol. The van der Waals surface area contributed by atoms with Crippen LogP contribution >= 0.6 is 0 Å². The van der Waals surface area contributed by atoms with Crippen molar-refractivity contribution in [2.45, 2.75) is 76.7 Å². The third-order valence-corrected chi connectivity index (χ3v) is 8.66. The summed E-state index contributed by atoms with van der Waals surface area (Å²) in [5, 5.41) is 0. The molecule has 3 rings (SSSR count). The van der Waals surface area contributed by atoms with Crippen molar-refractivity contribution in [3.8, 4) is 0 Å². The number of hydrogen-bond donors (Lipinski definition) is 0. The fourth-order valence-corrected chi connectivity index (χ4v) is 6.34. The van der Waals surface area contributed by atoms with Crippen LogP contribution in [0.5, 0.6) is 0 Å². The Morgan fingerprint density at radius 1 is 0.923 bits per heavy atom. The number of carbonyl (C=O) groups is 1. The number of rotatable bonds is 6. The van der Waals surface area contributed by atoms with Crippen LogP contribution in [0.15, 0.2) is 0 Å². The minimum Gasteiger partial charge on any atom is -0.340 e. The van der Waals surface area contributed by atoms with Gasteiger partial charge in [-0.15, -0.1) is 0 Å². The van der Waals surface area contributed by atoms with E-state index in [0.717, 1.165) is 38.0 Å². The van der Waals surface area contributed by atoms with E-state index < -0.39 is 10.2 Å². The fraction of sp³-hybridized carbons (Fsp3) is 0.947. The smallest absolute Gasteiger partial charge is 0.282 e. The summed E-state index contributed by atoms with van der Waals surface area (Å²) in [6, 6.07) is 0.139. The molecule has 1 heterocycles. The van der Waals surface area contributed by atoms with Crippen LogP contribution in [0.25, 0.3) is 0 Å². The second-order valence-electron chi connectivity index (χ2n) is 8.28. The van der Waals surface area contributed by atoms with E-state index in [4.69, 9.17) is 0 Å². The molecule has 0 bridgehead atoms. The first-order valence-corrected chi connectivity index (χ1v) is 11.9. The molecule has 0 aromatic heterocycles. The normalized spacial score (nSPS) is 24.5. The van der Waals surface area contributed by atoms with Crippen molar-refractivity contribution in [2.75, 3.05) is 33.2 Å². The number of nitrogens with zero attached hydrogens (tertiary/aromatic N) is 3. The molecule has 26 heavy (non-hydrogen) atoms. The highest BCUT2D eigenvalue weighted by atomic mass is 32.2. The molecule has 0 unspecified atom stereocenters. The van der Waals surface area contributed by atoms with E-state index in [2.05, 4.69) is 0 Å².